The van der Waals surface area contributed by atoms with Crippen molar-refractivity contribution in [1.82, 2.24) is 5.32 Å². The number of halogens is 4. The zero-order valence-electron chi connectivity index (χ0n) is 14.6. The van der Waals surface area contributed by atoms with Gasteiger partial charge in [-0.15, -0.1) is 37.1 Å². The number of benzene rings is 1. The Morgan fingerprint density at radius 2 is 1.73 bits per heavy atom. The summed E-state index contributed by atoms with van der Waals surface area (Å²) < 4.78 is 63.0. The molecule has 150 valence electrons. The molecule has 26 heavy (non-hydrogen) atoms. The second-order valence-electron chi connectivity index (χ2n) is 6.25. The minimum atomic E-state index is -4.73. The van der Waals surface area contributed by atoms with Crippen LogP contribution in [0.3, 0.4) is 0 Å². The van der Waals surface area contributed by atoms with Crippen LogP contribution in [0.15, 0.2) is 29.3 Å². The van der Waals surface area contributed by atoms with E-state index >= 15 is 0 Å². The van der Waals surface area contributed by atoms with Crippen LogP contribution in [0.4, 0.5) is 13.2 Å². The number of alkyl halides is 3. The van der Waals surface area contributed by atoms with Gasteiger partial charge in [0.25, 0.3) is 0 Å². The van der Waals surface area contributed by atoms with Crippen LogP contribution in [0.2, 0.25) is 0 Å². The number of nitrogens with one attached hydrogen (secondary N) is 1. The van der Waals surface area contributed by atoms with Crippen molar-refractivity contribution in [2.45, 2.75) is 38.4 Å². The van der Waals surface area contributed by atoms with Gasteiger partial charge in [-0.3, -0.25) is 0 Å². The van der Waals surface area contributed by atoms with Crippen LogP contribution in [0.1, 0.15) is 26.3 Å². The molecule has 0 saturated heterocycles. The van der Waals surface area contributed by atoms with E-state index < -0.39 is 20.9 Å². The molecule has 0 bridgehead atoms. The highest BCUT2D eigenvalue weighted by Gasteiger charge is 2.31. The summed E-state index contributed by atoms with van der Waals surface area (Å²) >= 11 is 0. The van der Waals surface area contributed by atoms with Gasteiger partial charge < -0.3 is 15.8 Å². The SMILES string of the molecule is CC(C)(C)S(=O)(=O)CCNC(N)=NCc1ccc(OC(F)(F)F)cc1.I. The highest BCUT2D eigenvalue weighted by atomic mass is 127. The van der Waals surface area contributed by atoms with Gasteiger partial charge in [-0.1, -0.05) is 12.1 Å². The minimum Gasteiger partial charge on any atom is -0.406 e. The summed E-state index contributed by atoms with van der Waals surface area (Å²) in [6.45, 7) is 5.11. The smallest absolute Gasteiger partial charge is 0.406 e. The van der Waals surface area contributed by atoms with E-state index in [1.165, 1.54) is 24.3 Å². The number of guanidine groups is 1. The molecule has 1 rings (SSSR count). The Labute approximate surface area is 168 Å². The molecule has 0 amide bonds. The Kier molecular flexibility index (Phi) is 9.17. The van der Waals surface area contributed by atoms with E-state index in [-0.39, 0.29) is 54.5 Å². The molecule has 0 aromatic heterocycles. The fourth-order valence-electron chi connectivity index (χ4n) is 1.65. The molecule has 11 heteroatoms. The van der Waals surface area contributed by atoms with Crippen molar-refractivity contribution in [3.63, 3.8) is 0 Å². The number of sulfone groups is 1. The first-order valence-corrected chi connectivity index (χ1v) is 9.06. The van der Waals surface area contributed by atoms with E-state index in [1.807, 2.05) is 0 Å². The van der Waals surface area contributed by atoms with Gasteiger partial charge in [0.1, 0.15) is 5.75 Å². The first-order valence-electron chi connectivity index (χ1n) is 7.41. The van der Waals surface area contributed by atoms with E-state index in [4.69, 9.17) is 5.73 Å². The fourth-order valence-corrected chi connectivity index (χ4v) is 2.63. The lowest BCUT2D eigenvalue weighted by molar-refractivity contribution is -0.274. The molecule has 6 nitrogen and oxygen atoms in total. The summed E-state index contributed by atoms with van der Waals surface area (Å²) in [6, 6.07) is 5.22. The number of nitrogens with two attached hydrogens (primary N) is 1. The van der Waals surface area contributed by atoms with Gasteiger partial charge in [0.05, 0.1) is 17.0 Å². The van der Waals surface area contributed by atoms with Gasteiger partial charge in [0.15, 0.2) is 15.8 Å². The summed E-state index contributed by atoms with van der Waals surface area (Å²) in [5.41, 5.74) is 6.27. The van der Waals surface area contributed by atoms with Crippen LogP contribution < -0.4 is 15.8 Å². The van der Waals surface area contributed by atoms with Crippen molar-refractivity contribution in [3.05, 3.63) is 29.8 Å². The lowest BCUT2D eigenvalue weighted by Gasteiger charge is -2.19. The van der Waals surface area contributed by atoms with Gasteiger partial charge in [0.2, 0.25) is 0 Å². The molecule has 0 fully saturated rings. The van der Waals surface area contributed by atoms with E-state index in [2.05, 4.69) is 15.0 Å². The van der Waals surface area contributed by atoms with Crippen molar-refractivity contribution >= 4 is 39.8 Å². The van der Waals surface area contributed by atoms with Gasteiger partial charge in [0, 0.05) is 6.54 Å². The van der Waals surface area contributed by atoms with E-state index in [0.717, 1.165) is 0 Å². The molecule has 0 atom stereocenters. The summed E-state index contributed by atoms with van der Waals surface area (Å²) in [7, 11) is -3.26. The first kappa shape index (κ1) is 24.8. The molecule has 3 N–H and O–H groups in total. The average Bonchev–Trinajstić information content (AvgIpc) is 2.43. The van der Waals surface area contributed by atoms with Gasteiger partial charge in [-0.25, -0.2) is 13.4 Å². The van der Waals surface area contributed by atoms with Crippen LogP contribution in [-0.4, -0.2) is 37.8 Å². The maximum absolute atomic E-state index is 12.1. The fraction of sp³-hybridized carbons (Fsp3) is 0.533. The number of ether oxygens (including phenoxy) is 1. The van der Waals surface area contributed by atoms with Crippen LogP contribution in [-0.2, 0) is 16.4 Å². The van der Waals surface area contributed by atoms with Crippen molar-refractivity contribution in [2.75, 3.05) is 12.3 Å². The Morgan fingerprint density at radius 1 is 1.19 bits per heavy atom. The first-order chi connectivity index (χ1) is 11.3. The van der Waals surface area contributed by atoms with Crippen LogP contribution >= 0.6 is 24.0 Å². The number of hydrogen-bond donors (Lipinski definition) is 2. The lowest BCUT2D eigenvalue weighted by Crippen LogP contribution is -2.39. The Bertz CT molecular complexity index is 700. The van der Waals surface area contributed by atoms with Crippen molar-refractivity contribution in [1.29, 1.82) is 0 Å². The second-order valence-corrected chi connectivity index (χ2v) is 9.11. The molecule has 0 aliphatic rings. The van der Waals surface area contributed by atoms with Crippen LogP contribution in [0.25, 0.3) is 0 Å². The largest absolute Gasteiger partial charge is 0.573 e. The highest BCUT2D eigenvalue weighted by molar-refractivity contribution is 14.0. The molecule has 0 spiro atoms. The Balaban J connectivity index is 0.00000625. The molecule has 1 aromatic carbocycles. The summed E-state index contributed by atoms with van der Waals surface area (Å²) in [5.74, 6) is -0.352. The number of aliphatic imine (C=N–C) groups is 1. The van der Waals surface area contributed by atoms with E-state index in [1.54, 1.807) is 20.8 Å². The number of nitrogens with zero attached hydrogens (tertiary/aromatic N) is 1. The molecule has 0 saturated carbocycles. The zero-order valence-corrected chi connectivity index (χ0v) is 17.8. The third-order valence-electron chi connectivity index (χ3n) is 3.20. The maximum atomic E-state index is 12.1. The predicted molar refractivity (Wildman–Crippen MR) is 105 cm³/mol. The van der Waals surface area contributed by atoms with Gasteiger partial charge in [-0.2, -0.15) is 0 Å². The van der Waals surface area contributed by atoms with E-state index in [9.17, 15) is 21.6 Å². The van der Waals surface area contributed by atoms with E-state index in [0.29, 0.717) is 5.56 Å². The number of rotatable bonds is 6. The molecule has 0 aliphatic carbocycles. The monoisotopic (exact) mass is 509 g/mol. The highest BCUT2D eigenvalue weighted by Crippen LogP contribution is 2.22. The number of hydrogen-bond acceptors (Lipinski definition) is 4. The molecule has 0 heterocycles. The van der Waals surface area contributed by atoms with Crippen LogP contribution in [0, 0.1) is 0 Å². The van der Waals surface area contributed by atoms with Gasteiger partial charge >= 0.3 is 6.36 Å². The zero-order chi connectivity index (χ0) is 19.3. The van der Waals surface area contributed by atoms with Crippen molar-refractivity contribution in [2.24, 2.45) is 10.7 Å². The minimum absolute atomic E-state index is 0. The molecule has 1 aromatic rings. The molecule has 0 aliphatic heterocycles. The molecule has 0 radical (unpaired) electrons. The predicted octanol–water partition coefficient (Wildman–Crippen LogP) is 2.82. The summed E-state index contributed by atoms with van der Waals surface area (Å²) in [5, 5.41) is 2.70. The third-order valence-corrected chi connectivity index (χ3v) is 5.81. The summed E-state index contributed by atoms with van der Waals surface area (Å²) in [4.78, 5) is 4.01. The lowest BCUT2D eigenvalue weighted by atomic mass is 10.2. The molecular formula is C15H23F3IN3O3S. The topological polar surface area (TPSA) is 93.8 Å². The standard InChI is InChI=1S/C15H22F3N3O3S.HI/c1-14(2,3)25(22,23)9-8-20-13(19)21-10-11-4-6-12(7-5-11)24-15(16,17)18;/h4-7H,8-10H2,1-3H3,(H3,19,20,21);1H. The quantitative estimate of drug-likeness (QED) is 0.350. The third kappa shape index (κ3) is 8.92. The Morgan fingerprint density at radius 3 is 2.19 bits per heavy atom. The van der Waals surface area contributed by atoms with Crippen LogP contribution in [0.5, 0.6) is 5.75 Å². The average molecular weight is 509 g/mol. The van der Waals surface area contributed by atoms with Gasteiger partial charge in [-0.05, 0) is 38.5 Å². The normalized spacial score (nSPS) is 13.1. The molecular weight excluding hydrogens is 486 g/mol. The molecule has 0 unspecified atom stereocenters. The van der Waals surface area contributed by atoms with Crippen molar-refractivity contribution < 1.29 is 26.3 Å². The summed E-state index contributed by atoms with van der Waals surface area (Å²) in [6.07, 6.45) is -4.73. The second kappa shape index (κ2) is 9.62. The van der Waals surface area contributed by atoms with Crippen molar-refractivity contribution in [3.8, 4) is 5.75 Å². The Hall–Kier alpha value is -1.24. The maximum Gasteiger partial charge on any atom is 0.573 e.